The molecule has 0 bridgehead atoms. The Bertz CT molecular complexity index is 903. The van der Waals surface area contributed by atoms with Crippen LogP contribution in [-0.2, 0) is 6.54 Å². The van der Waals surface area contributed by atoms with Gasteiger partial charge in [0.05, 0.1) is 5.69 Å². The minimum absolute atomic E-state index is 0.0533. The van der Waals surface area contributed by atoms with Crippen LogP contribution in [-0.4, -0.2) is 10.5 Å². The van der Waals surface area contributed by atoms with E-state index in [1.165, 1.54) is 12.1 Å². The first kappa shape index (κ1) is 14.6. The Morgan fingerprint density at radius 2 is 2.00 bits per heavy atom. The van der Waals surface area contributed by atoms with Gasteiger partial charge in [0.15, 0.2) is 6.19 Å². The first-order valence-corrected chi connectivity index (χ1v) is 6.98. The summed E-state index contributed by atoms with van der Waals surface area (Å²) in [5, 5.41) is 11.8. The molecule has 0 atom stereocenters. The van der Waals surface area contributed by atoms with Gasteiger partial charge in [0.2, 0.25) is 5.96 Å². The van der Waals surface area contributed by atoms with Crippen molar-refractivity contribution >= 4 is 22.5 Å². The van der Waals surface area contributed by atoms with Gasteiger partial charge >= 0.3 is 0 Å². The number of nitrogens with two attached hydrogens (primary N) is 1. The van der Waals surface area contributed by atoms with Gasteiger partial charge in [-0.25, -0.2) is 9.38 Å². The number of rotatable bonds is 3. The largest absolute Gasteiger partial charge is 0.369 e. The van der Waals surface area contributed by atoms with Crippen LogP contribution in [0.1, 0.15) is 5.56 Å². The Hall–Kier alpha value is -3.33. The summed E-state index contributed by atoms with van der Waals surface area (Å²) in [5.74, 6) is -0.185. The smallest absolute Gasteiger partial charge is 0.207 e. The standard InChI is InChI=1S/C17H14FN5/c18-14-3-1-12(2-4-14)10-23-8-7-13-9-15(5-6-16(13)23)22-17(20)21-11-19/h1-9H,10H2,(H3,20,21,22). The number of guanidine groups is 1. The molecule has 0 saturated heterocycles. The van der Waals surface area contributed by atoms with Gasteiger partial charge in [0.1, 0.15) is 5.82 Å². The summed E-state index contributed by atoms with van der Waals surface area (Å²) in [4.78, 5) is 4.11. The predicted octanol–water partition coefficient (Wildman–Crippen LogP) is 2.85. The molecule has 0 aliphatic rings. The Kier molecular flexibility index (Phi) is 3.93. The first-order valence-electron chi connectivity index (χ1n) is 6.98. The van der Waals surface area contributed by atoms with Crippen molar-refractivity contribution < 1.29 is 4.39 Å². The van der Waals surface area contributed by atoms with E-state index in [9.17, 15) is 4.39 Å². The molecule has 0 aliphatic carbocycles. The lowest BCUT2D eigenvalue weighted by Crippen LogP contribution is -2.26. The Labute approximate surface area is 132 Å². The SMILES string of the molecule is N#CNC(N)=Nc1ccc2c(ccn2Cc2ccc(F)cc2)c1. The summed E-state index contributed by atoms with van der Waals surface area (Å²) in [6.45, 7) is 0.657. The normalized spacial score (nSPS) is 11.4. The van der Waals surface area contributed by atoms with Gasteiger partial charge in [0, 0.05) is 23.6 Å². The molecule has 3 N–H and O–H groups in total. The van der Waals surface area contributed by atoms with Crippen molar-refractivity contribution in [3.8, 4) is 6.19 Å². The van der Waals surface area contributed by atoms with E-state index >= 15 is 0 Å². The highest BCUT2D eigenvalue weighted by Gasteiger charge is 2.04. The molecule has 23 heavy (non-hydrogen) atoms. The van der Waals surface area contributed by atoms with Gasteiger partial charge in [-0.2, -0.15) is 5.26 Å². The van der Waals surface area contributed by atoms with Crippen molar-refractivity contribution in [3.63, 3.8) is 0 Å². The molecule has 0 saturated carbocycles. The summed E-state index contributed by atoms with van der Waals surface area (Å²) in [5.41, 5.74) is 8.29. The number of benzene rings is 2. The zero-order valence-corrected chi connectivity index (χ0v) is 12.2. The number of nitrogens with one attached hydrogen (secondary N) is 1. The molecule has 0 aliphatic heterocycles. The molecule has 0 radical (unpaired) electrons. The Morgan fingerprint density at radius 1 is 1.22 bits per heavy atom. The van der Waals surface area contributed by atoms with Crippen LogP contribution in [0.25, 0.3) is 10.9 Å². The monoisotopic (exact) mass is 307 g/mol. The van der Waals surface area contributed by atoms with E-state index in [1.807, 2.05) is 30.5 Å². The van der Waals surface area contributed by atoms with Crippen molar-refractivity contribution in [1.29, 1.82) is 5.26 Å². The summed E-state index contributed by atoms with van der Waals surface area (Å²) in [7, 11) is 0. The number of aromatic nitrogens is 1. The fourth-order valence-corrected chi connectivity index (χ4v) is 2.41. The molecular formula is C17H14FN5. The molecule has 3 aromatic rings. The van der Waals surface area contributed by atoms with Gasteiger partial charge < -0.3 is 10.3 Å². The fourth-order valence-electron chi connectivity index (χ4n) is 2.41. The molecule has 0 unspecified atom stereocenters. The molecule has 0 fully saturated rings. The maximum Gasteiger partial charge on any atom is 0.207 e. The van der Waals surface area contributed by atoms with Crippen molar-refractivity contribution in [2.75, 3.05) is 0 Å². The zero-order valence-electron chi connectivity index (χ0n) is 12.2. The average Bonchev–Trinajstić information content (AvgIpc) is 2.92. The lowest BCUT2D eigenvalue weighted by molar-refractivity contribution is 0.626. The van der Waals surface area contributed by atoms with Gasteiger partial charge in [0.25, 0.3) is 0 Å². The Morgan fingerprint density at radius 3 is 2.74 bits per heavy atom. The Balaban J connectivity index is 1.88. The highest BCUT2D eigenvalue weighted by atomic mass is 19.1. The highest BCUT2D eigenvalue weighted by Crippen LogP contribution is 2.23. The maximum absolute atomic E-state index is 13.0. The third kappa shape index (κ3) is 3.30. The average molecular weight is 307 g/mol. The molecule has 5 nitrogen and oxygen atoms in total. The van der Waals surface area contributed by atoms with E-state index in [0.717, 1.165) is 16.5 Å². The second kappa shape index (κ2) is 6.20. The second-order valence-electron chi connectivity index (χ2n) is 5.05. The van der Waals surface area contributed by atoms with E-state index in [2.05, 4.69) is 14.9 Å². The van der Waals surface area contributed by atoms with Crippen molar-refractivity contribution in [2.24, 2.45) is 10.7 Å². The van der Waals surface area contributed by atoms with Crippen molar-refractivity contribution in [2.45, 2.75) is 6.54 Å². The number of nitriles is 1. The predicted molar refractivity (Wildman–Crippen MR) is 87.5 cm³/mol. The van der Waals surface area contributed by atoms with Crippen LogP contribution < -0.4 is 11.1 Å². The molecule has 1 heterocycles. The molecule has 3 rings (SSSR count). The number of hydrogen-bond acceptors (Lipinski definition) is 2. The fraction of sp³-hybridized carbons (Fsp3) is 0.0588. The number of aliphatic imine (C=N–C) groups is 1. The summed E-state index contributed by atoms with van der Waals surface area (Å²) in [6.07, 6.45) is 3.69. The maximum atomic E-state index is 13.0. The lowest BCUT2D eigenvalue weighted by atomic mass is 10.2. The van der Waals surface area contributed by atoms with Gasteiger partial charge in [-0.05, 0) is 42.0 Å². The van der Waals surface area contributed by atoms with Gasteiger partial charge in [-0.1, -0.05) is 12.1 Å². The first-order chi connectivity index (χ1) is 11.2. The van der Waals surface area contributed by atoms with Gasteiger partial charge in [-0.3, -0.25) is 5.32 Å². The van der Waals surface area contributed by atoms with Crippen molar-refractivity contribution in [1.82, 2.24) is 9.88 Å². The molecule has 0 amide bonds. The number of hydrogen-bond donors (Lipinski definition) is 2. The van der Waals surface area contributed by atoms with Crippen molar-refractivity contribution in [3.05, 3.63) is 66.1 Å². The third-order valence-electron chi connectivity index (χ3n) is 3.45. The quantitative estimate of drug-likeness (QED) is 0.338. The third-order valence-corrected chi connectivity index (χ3v) is 3.45. The van der Waals surface area contributed by atoms with E-state index in [1.54, 1.807) is 18.3 Å². The van der Waals surface area contributed by atoms with Crippen LogP contribution in [0.15, 0.2) is 59.7 Å². The van der Waals surface area contributed by atoms with E-state index in [-0.39, 0.29) is 11.8 Å². The van der Waals surface area contributed by atoms with E-state index < -0.39 is 0 Å². The van der Waals surface area contributed by atoms with E-state index in [0.29, 0.717) is 12.2 Å². The van der Waals surface area contributed by atoms with Crippen LogP contribution in [0.3, 0.4) is 0 Å². The molecule has 1 aromatic heterocycles. The molecule has 2 aromatic carbocycles. The molecule has 0 spiro atoms. The number of fused-ring (bicyclic) bond motifs is 1. The highest BCUT2D eigenvalue weighted by molar-refractivity contribution is 5.87. The summed E-state index contributed by atoms with van der Waals surface area (Å²) in [6, 6.07) is 14.1. The number of nitrogens with zero attached hydrogens (tertiary/aromatic N) is 3. The van der Waals surface area contributed by atoms with Crippen LogP contribution >= 0.6 is 0 Å². The number of halogens is 1. The zero-order chi connectivity index (χ0) is 16.2. The molecule has 114 valence electrons. The second-order valence-corrected chi connectivity index (χ2v) is 5.05. The topological polar surface area (TPSA) is 79.1 Å². The van der Waals surface area contributed by atoms with E-state index in [4.69, 9.17) is 11.0 Å². The van der Waals surface area contributed by atoms with Crippen LogP contribution in [0.5, 0.6) is 0 Å². The van der Waals surface area contributed by atoms with Crippen LogP contribution in [0, 0.1) is 17.3 Å². The molecular weight excluding hydrogens is 293 g/mol. The van der Waals surface area contributed by atoms with Gasteiger partial charge in [-0.15, -0.1) is 0 Å². The molecule has 6 heteroatoms. The van der Waals surface area contributed by atoms with Crippen LogP contribution in [0.2, 0.25) is 0 Å². The minimum Gasteiger partial charge on any atom is -0.369 e. The summed E-state index contributed by atoms with van der Waals surface area (Å²) < 4.78 is 15.0. The summed E-state index contributed by atoms with van der Waals surface area (Å²) >= 11 is 0. The minimum atomic E-state index is -0.239. The van der Waals surface area contributed by atoms with Crippen LogP contribution in [0.4, 0.5) is 10.1 Å². The lowest BCUT2D eigenvalue weighted by Gasteiger charge is -2.06.